The van der Waals surface area contributed by atoms with Gasteiger partial charge in [0.1, 0.15) is 5.75 Å². The molecule has 0 aliphatic heterocycles. The number of primary amides is 1. The van der Waals surface area contributed by atoms with Crippen LogP contribution in [0.5, 0.6) is 5.75 Å². The predicted molar refractivity (Wildman–Crippen MR) is 109 cm³/mol. The van der Waals surface area contributed by atoms with Gasteiger partial charge in [0.2, 0.25) is 5.91 Å². The van der Waals surface area contributed by atoms with Crippen molar-refractivity contribution in [2.75, 3.05) is 11.9 Å². The van der Waals surface area contributed by atoms with Crippen molar-refractivity contribution in [2.24, 2.45) is 5.73 Å². The molecule has 138 valence electrons. The summed E-state index contributed by atoms with van der Waals surface area (Å²) in [6.45, 7) is -0.138. The van der Waals surface area contributed by atoms with Crippen LogP contribution in [0.4, 0.5) is 5.13 Å². The first-order chi connectivity index (χ1) is 13.0. The van der Waals surface area contributed by atoms with Crippen LogP contribution in [0.2, 0.25) is 0 Å². The Labute approximate surface area is 168 Å². The Hall–Kier alpha value is -2.71. The first-order valence-electron chi connectivity index (χ1n) is 8.01. The van der Waals surface area contributed by atoms with Crippen molar-refractivity contribution in [1.82, 2.24) is 4.98 Å². The maximum Gasteiger partial charge on any atom is 0.264 e. The molecule has 2 amide bonds. The van der Waals surface area contributed by atoms with Gasteiger partial charge in [-0.05, 0) is 29.8 Å². The third kappa shape index (κ3) is 5.63. The Kier molecular flexibility index (Phi) is 6.20. The van der Waals surface area contributed by atoms with E-state index in [4.69, 9.17) is 10.5 Å². The Balaban J connectivity index is 1.53. The highest BCUT2D eigenvalue weighted by molar-refractivity contribution is 9.10. The summed E-state index contributed by atoms with van der Waals surface area (Å²) >= 11 is 4.78. The van der Waals surface area contributed by atoms with Crippen LogP contribution in [0.25, 0.3) is 11.3 Å². The summed E-state index contributed by atoms with van der Waals surface area (Å²) in [5, 5.41) is 5.12. The molecular formula is C19H16BrN3O3S. The average molecular weight is 446 g/mol. The van der Waals surface area contributed by atoms with E-state index in [-0.39, 0.29) is 18.9 Å². The zero-order chi connectivity index (χ0) is 19.2. The first kappa shape index (κ1) is 19.1. The molecule has 0 atom stereocenters. The fourth-order valence-electron chi connectivity index (χ4n) is 2.32. The fraction of sp³-hybridized carbons (Fsp3) is 0.105. The zero-order valence-electron chi connectivity index (χ0n) is 14.1. The number of benzene rings is 2. The Morgan fingerprint density at radius 2 is 1.96 bits per heavy atom. The number of thiazole rings is 1. The van der Waals surface area contributed by atoms with Crippen molar-refractivity contribution in [2.45, 2.75) is 6.42 Å². The van der Waals surface area contributed by atoms with Gasteiger partial charge in [0.15, 0.2) is 11.7 Å². The number of carbonyl (C=O) groups excluding carboxylic acids is 2. The van der Waals surface area contributed by atoms with E-state index >= 15 is 0 Å². The maximum absolute atomic E-state index is 12.1. The number of nitrogens with one attached hydrogen (secondary N) is 1. The molecule has 0 fully saturated rings. The number of nitrogens with zero attached hydrogens (tertiary/aromatic N) is 1. The van der Waals surface area contributed by atoms with Crippen LogP contribution in [-0.2, 0) is 16.0 Å². The highest BCUT2D eigenvalue weighted by atomic mass is 79.9. The monoisotopic (exact) mass is 445 g/mol. The van der Waals surface area contributed by atoms with E-state index in [0.29, 0.717) is 10.9 Å². The lowest BCUT2D eigenvalue weighted by Gasteiger charge is -2.06. The molecule has 0 saturated carbocycles. The molecule has 0 spiro atoms. The van der Waals surface area contributed by atoms with Crippen molar-refractivity contribution in [1.29, 1.82) is 0 Å². The van der Waals surface area contributed by atoms with Gasteiger partial charge in [-0.3, -0.25) is 14.9 Å². The highest BCUT2D eigenvalue weighted by Gasteiger charge is 2.09. The summed E-state index contributed by atoms with van der Waals surface area (Å²) < 4.78 is 6.42. The number of halogens is 1. The summed E-state index contributed by atoms with van der Waals surface area (Å²) in [7, 11) is 0. The van der Waals surface area contributed by atoms with Gasteiger partial charge in [-0.1, -0.05) is 40.2 Å². The van der Waals surface area contributed by atoms with Crippen LogP contribution >= 0.6 is 27.3 Å². The topological polar surface area (TPSA) is 94.3 Å². The second kappa shape index (κ2) is 8.79. The van der Waals surface area contributed by atoms with E-state index in [0.717, 1.165) is 21.3 Å². The van der Waals surface area contributed by atoms with Gasteiger partial charge in [0, 0.05) is 15.4 Å². The molecule has 0 aliphatic carbocycles. The minimum atomic E-state index is -0.395. The lowest BCUT2D eigenvalue weighted by atomic mass is 10.1. The quantitative estimate of drug-likeness (QED) is 0.580. The van der Waals surface area contributed by atoms with Crippen molar-refractivity contribution < 1.29 is 14.3 Å². The Bertz CT molecular complexity index is 957. The summed E-state index contributed by atoms with van der Waals surface area (Å²) in [6.07, 6.45) is 0.172. The standard InChI is InChI=1S/C19H16BrN3O3S/c20-14-3-1-2-13(9-14)16-11-27-19(22-16)23-18(25)10-26-15-6-4-12(5-7-15)8-17(21)24/h1-7,9,11H,8,10H2,(H2,21,24)(H,22,23,25). The number of ether oxygens (including phenoxy) is 1. The Morgan fingerprint density at radius 1 is 1.19 bits per heavy atom. The van der Waals surface area contributed by atoms with Crippen LogP contribution in [0.1, 0.15) is 5.56 Å². The van der Waals surface area contributed by atoms with E-state index < -0.39 is 5.91 Å². The van der Waals surface area contributed by atoms with E-state index in [1.165, 1.54) is 11.3 Å². The first-order valence-corrected chi connectivity index (χ1v) is 9.68. The van der Waals surface area contributed by atoms with Crippen molar-refractivity contribution in [3.05, 3.63) is 63.9 Å². The minimum absolute atomic E-state index is 0.138. The molecule has 3 N–H and O–H groups in total. The van der Waals surface area contributed by atoms with Gasteiger partial charge >= 0.3 is 0 Å². The van der Waals surface area contributed by atoms with Gasteiger partial charge in [0.05, 0.1) is 12.1 Å². The van der Waals surface area contributed by atoms with Gasteiger partial charge in [-0.25, -0.2) is 4.98 Å². The van der Waals surface area contributed by atoms with E-state index in [9.17, 15) is 9.59 Å². The van der Waals surface area contributed by atoms with Crippen LogP contribution in [0.3, 0.4) is 0 Å². The summed E-state index contributed by atoms with van der Waals surface area (Å²) in [5.74, 6) is -0.160. The lowest BCUT2D eigenvalue weighted by molar-refractivity contribution is -0.118. The van der Waals surface area contributed by atoms with Crippen LogP contribution in [-0.4, -0.2) is 23.4 Å². The third-order valence-corrected chi connectivity index (χ3v) is 4.79. The molecule has 1 aromatic heterocycles. The number of nitrogens with two attached hydrogens (primary N) is 1. The number of hydrogen-bond acceptors (Lipinski definition) is 5. The normalized spacial score (nSPS) is 10.4. The molecule has 2 aromatic carbocycles. The van der Waals surface area contributed by atoms with Crippen molar-refractivity contribution in [3.63, 3.8) is 0 Å². The molecule has 0 bridgehead atoms. The zero-order valence-corrected chi connectivity index (χ0v) is 16.5. The second-order valence-electron chi connectivity index (χ2n) is 5.67. The van der Waals surface area contributed by atoms with Crippen molar-refractivity contribution >= 4 is 44.2 Å². The Morgan fingerprint density at radius 3 is 2.67 bits per heavy atom. The molecule has 0 aliphatic rings. The van der Waals surface area contributed by atoms with Gasteiger partial charge in [0.25, 0.3) is 5.91 Å². The number of hydrogen-bond donors (Lipinski definition) is 2. The molecular weight excluding hydrogens is 430 g/mol. The molecule has 27 heavy (non-hydrogen) atoms. The maximum atomic E-state index is 12.1. The molecule has 1 heterocycles. The van der Waals surface area contributed by atoms with Crippen LogP contribution in [0, 0.1) is 0 Å². The second-order valence-corrected chi connectivity index (χ2v) is 7.45. The molecule has 0 radical (unpaired) electrons. The molecule has 0 saturated heterocycles. The van der Waals surface area contributed by atoms with Gasteiger partial charge in [-0.15, -0.1) is 11.3 Å². The van der Waals surface area contributed by atoms with E-state index in [2.05, 4.69) is 26.2 Å². The average Bonchev–Trinajstić information content (AvgIpc) is 3.09. The third-order valence-electron chi connectivity index (χ3n) is 3.54. The number of aromatic nitrogens is 1. The summed E-state index contributed by atoms with van der Waals surface area (Å²) in [4.78, 5) is 27.4. The molecule has 8 heteroatoms. The minimum Gasteiger partial charge on any atom is -0.484 e. The lowest BCUT2D eigenvalue weighted by Crippen LogP contribution is -2.20. The summed E-state index contributed by atoms with van der Waals surface area (Å²) in [6, 6.07) is 14.7. The molecule has 6 nitrogen and oxygen atoms in total. The SMILES string of the molecule is NC(=O)Cc1ccc(OCC(=O)Nc2nc(-c3cccc(Br)c3)cs2)cc1. The van der Waals surface area contributed by atoms with E-state index in [1.54, 1.807) is 24.3 Å². The van der Waals surface area contributed by atoms with Gasteiger partial charge in [-0.2, -0.15) is 0 Å². The van der Waals surface area contributed by atoms with Crippen molar-refractivity contribution in [3.8, 4) is 17.0 Å². The van der Waals surface area contributed by atoms with Gasteiger partial charge < -0.3 is 10.5 Å². The molecule has 3 rings (SSSR count). The van der Waals surface area contributed by atoms with Crippen LogP contribution in [0.15, 0.2) is 58.4 Å². The summed E-state index contributed by atoms with van der Waals surface area (Å²) in [5.41, 5.74) is 7.70. The fourth-order valence-corrected chi connectivity index (χ4v) is 3.46. The number of carbonyl (C=O) groups is 2. The van der Waals surface area contributed by atoms with Crippen LogP contribution < -0.4 is 15.8 Å². The van der Waals surface area contributed by atoms with E-state index in [1.807, 2.05) is 29.6 Å². The largest absolute Gasteiger partial charge is 0.484 e. The predicted octanol–water partition coefficient (Wildman–Crippen LogP) is 3.62. The smallest absolute Gasteiger partial charge is 0.264 e. The molecule has 3 aromatic rings. The molecule has 0 unspecified atom stereocenters. The number of anilines is 1. The highest BCUT2D eigenvalue weighted by Crippen LogP contribution is 2.26. The number of amides is 2. The number of rotatable bonds is 7.